The number of fused-ring (bicyclic) bond motifs is 1. The molecule has 5 nitrogen and oxygen atoms in total. The lowest BCUT2D eigenvalue weighted by atomic mass is 10.2. The Labute approximate surface area is 103 Å². The van der Waals surface area contributed by atoms with Gasteiger partial charge in [-0.2, -0.15) is 0 Å². The van der Waals surface area contributed by atoms with Crippen molar-refractivity contribution in [1.82, 2.24) is 9.55 Å². The lowest BCUT2D eigenvalue weighted by Gasteiger charge is -2.07. The second-order valence-electron chi connectivity index (χ2n) is 3.72. The molecule has 1 aliphatic rings. The topological polar surface area (TPSA) is 62.3 Å². The second-order valence-corrected chi connectivity index (χ2v) is 4.13. The highest BCUT2D eigenvalue weighted by molar-refractivity contribution is 6.32. The van der Waals surface area contributed by atoms with E-state index < -0.39 is 0 Å². The van der Waals surface area contributed by atoms with E-state index in [9.17, 15) is 0 Å². The van der Waals surface area contributed by atoms with E-state index in [2.05, 4.69) is 4.98 Å². The van der Waals surface area contributed by atoms with Crippen molar-refractivity contribution in [3.63, 3.8) is 0 Å². The van der Waals surface area contributed by atoms with Crippen LogP contribution in [0.2, 0.25) is 5.02 Å². The summed E-state index contributed by atoms with van der Waals surface area (Å²) in [6.45, 7) is 0.813. The molecule has 0 aliphatic carbocycles. The van der Waals surface area contributed by atoms with Gasteiger partial charge in [-0.1, -0.05) is 11.6 Å². The first-order chi connectivity index (χ1) is 8.24. The number of nitrogens with two attached hydrogens (primary N) is 1. The minimum absolute atomic E-state index is 0.214. The summed E-state index contributed by atoms with van der Waals surface area (Å²) >= 11 is 6.09. The number of benzene rings is 1. The first kappa shape index (κ1) is 10.3. The summed E-state index contributed by atoms with van der Waals surface area (Å²) in [5, 5.41) is 0.550. The minimum Gasteiger partial charge on any atom is -0.454 e. The van der Waals surface area contributed by atoms with E-state index in [0.29, 0.717) is 29.0 Å². The maximum absolute atomic E-state index is 6.09. The largest absolute Gasteiger partial charge is 0.454 e. The van der Waals surface area contributed by atoms with Crippen molar-refractivity contribution < 1.29 is 9.47 Å². The lowest BCUT2D eigenvalue weighted by Crippen LogP contribution is -2.03. The molecular weight excluding hydrogens is 242 g/mol. The molecule has 1 aliphatic heterocycles. The third-order valence-electron chi connectivity index (χ3n) is 2.59. The molecule has 0 spiro atoms. The van der Waals surface area contributed by atoms with Crippen LogP contribution < -0.4 is 15.2 Å². The summed E-state index contributed by atoms with van der Waals surface area (Å²) in [7, 11) is 0. The maximum Gasteiger partial charge on any atom is 0.231 e. The number of aromatic nitrogens is 2. The number of nitrogens with zero attached hydrogens (tertiary/aromatic N) is 2. The van der Waals surface area contributed by atoms with E-state index in [4.69, 9.17) is 26.8 Å². The average Bonchev–Trinajstić information content (AvgIpc) is 2.89. The monoisotopic (exact) mass is 251 g/mol. The van der Waals surface area contributed by atoms with Crippen LogP contribution in [0.25, 0.3) is 0 Å². The molecule has 1 aromatic carbocycles. The molecule has 17 heavy (non-hydrogen) atoms. The van der Waals surface area contributed by atoms with Gasteiger partial charge in [0.25, 0.3) is 0 Å². The Hall–Kier alpha value is -1.88. The Kier molecular flexibility index (Phi) is 2.33. The summed E-state index contributed by atoms with van der Waals surface area (Å²) < 4.78 is 12.4. The molecule has 0 unspecified atom stereocenters. The minimum atomic E-state index is 0.214. The van der Waals surface area contributed by atoms with Gasteiger partial charge in [0.05, 0.1) is 11.6 Å². The van der Waals surface area contributed by atoms with E-state index in [1.807, 2.05) is 22.9 Å². The second kappa shape index (κ2) is 3.85. The van der Waals surface area contributed by atoms with Gasteiger partial charge in [0.2, 0.25) is 6.79 Å². The standard InChI is InChI=1S/C11H10ClN3O2/c12-8-3-7(4-9-10(8)17-6-16-9)5-15-2-1-14-11(15)13/h1-4H,5-6H2,(H2,13,14). The smallest absolute Gasteiger partial charge is 0.231 e. The van der Waals surface area contributed by atoms with Crippen molar-refractivity contribution >= 4 is 17.5 Å². The first-order valence-electron chi connectivity index (χ1n) is 5.08. The van der Waals surface area contributed by atoms with Gasteiger partial charge >= 0.3 is 0 Å². The molecule has 2 heterocycles. The molecule has 88 valence electrons. The molecule has 2 N–H and O–H groups in total. The molecule has 0 bridgehead atoms. The molecule has 3 rings (SSSR count). The van der Waals surface area contributed by atoms with Crippen LogP contribution in [-0.2, 0) is 6.54 Å². The van der Waals surface area contributed by atoms with Crippen molar-refractivity contribution in [2.45, 2.75) is 6.54 Å². The van der Waals surface area contributed by atoms with Crippen LogP contribution in [0.15, 0.2) is 24.5 Å². The molecule has 0 atom stereocenters. The third kappa shape index (κ3) is 1.78. The number of anilines is 1. The predicted molar refractivity (Wildman–Crippen MR) is 63.3 cm³/mol. The Morgan fingerprint density at radius 2 is 2.29 bits per heavy atom. The first-order valence-corrected chi connectivity index (χ1v) is 5.46. The molecule has 1 aromatic heterocycles. The van der Waals surface area contributed by atoms with Crippen LogP contribution in [0.5, 0.6) is 11.5 Å². The molecular formula is C11H10ClN3O2. The number of hydrogen-bond acceptors (Lipinski definition) is 4. The molecule has 6 heteroatoms. The fourth-order valence-electron chi connectivity index (χ4n) is 1.78. The van der Waals surface area contributed by atoms with Crippen molar-refractivity contribution in [3.8, 4) is 11.5 Å². The summed E-state index contributed by atoms with van der Waals surface area (Å²) in [6, 6.07) is 3.74. The molecule has 0 radical (unpaired) electrons. The SMILES string of the molecule is Nc1nccn1Cc1cc(Cl)c2c(c1)OCO2. The Morgan fingerprint density at radius 3 is 3.06 bits per heavy atom. The molecule has 0 saturated carbocycles. The molecule has 0 fully saturated rings. The zero-order chi connectivity index (χ0) is 11.8. The normalized spacial score (nSPS) is 13.0. The van der Waals surface area contributed by atoms with Crippen LogP contribution in [0.1, 0.15) is 5.56 Å². The van der Waals surface area contributed by atoms with Crippen LogP contribution in [0.4, 0.5) is 5.95 Å². The third-order valence-corrected chi connectivity index (χ3v) is 2.87. The number of imidazole rings is 1. The lowest BCUT2D eigenvalue weighted by molar-refractivity contribution is 0.174. The van der Waals surface area contributed by atoms with Crippen LogP contribution >= 0.6 is 11.6 Å². The molecule has 2 aromatic rings. The Morgan fingerprint density at radius 1 is 1.41 bits per heavy atom. The maximum atomic E-state index is 6.09. The van der Waals surface area contributed by atoms with Gasteiger partial charge in [-0.05, 0) is 17.7 Å². The summed E-state index contributed by atoms with van der Waals surface area (Å²) in [6.07, 6.45) is 3.47. The number of nitrogen functional groups attached to an aromatic ring is 1. The van der Waals surface area contributed by atoms with E-state index in [1.165, 1.54) is 0 Å². The Bertz CT molecular complexity index is 568. The number of ether oxygens (including phenoxy) is 2. The van der Waals surface area contributed by atoms with Gasteiger partial charge in [0.15, 0.2) is 17.4 Å². The number of rotatable bonds is 2. The van der Waals surface area contributed by atoms with Gasteiger partial charge < -0.3 is 19.8 Å². The summed E-state index contributed by atoms with van der Waals surface area (Å²) in [5.41, 5.74) is 6.69. The highest BCUT2D eigenvalue weighted by Crippen LogP contribution is 2.39. The summed E-state index contributed by atoms with van der Waals surface area (Å²) in [5.74, 6) is 1.75. The molecule has 0 amide bonds. The zero-order valence-corrected chi connectivity index (χ0v) is 9.65. The van der Waals surface area contributed by atoms with Gasteiger partial charge in [-0.15, -0.1) is 0 Å². The highest BCUT2D eigenvalue weighted by Gasteiger charge is 2.18. The van der Waals surface area contributed by atoms with Crippen molar-refractivity contribution in [1.29, 1.82) is 0 Å². The van der Waals surface area contributed by atoms with Crippen LogP contribution in [0.3, 0.4) is 0 Å². The van der Waals surface area contributed by atoms with Gasteiger partial charge in [0, 0.05) is 12.4 Å². The van der Waals surface area contributed by atoms with E-state index in [0.717, 1.165) is 5.56 Å². The fraction of sp³-hybridized carbons (Fsp3) is 0.182. The quantitative estimate of drug-likeness (QED) is 0.886. The Balaban J connectivity index is 1.94. The fourth-order valence-corrected chi connectivity index (χ4v) is 2.07. The van der Waals surface area contributed by atoms with Gasteiger partial charge in [-0.3, -0.25) is 0 Å². The number of halogens is 1. The van der Waals surface area contributed by atoms with E-state index in [1.54, 1.807) is 6.20 Å². The zero-order valence-electron chi connectivity index (χ0n) is 8.89. The van der Waals surface area contributed by atoms with Gasteiger partial charge in [0.1, 0.15) is 0 Å². The average molecular weight is 252 g/mol. The van der Waals surface area contributed by atoms with Crippen molar-refractivity contribution in [2.24, 2.45) is 0 Å². The van der Waals surface area contributed by atoms with Crippen LogP contribution in [-0.4, -0.2) is 16.3 Å². The van der Waals surface area contributed by atoms with E-state index >= 15 is 0 Å². The summed E-state index contributed by atoms with van der Waals surface area (Å²) in [4.78, 5) is 3.96. The van der Waals surface area contributed by atoms with E-state index in [-0.39, 0.29) is 6.79 Å². The predicted octanol–water partition coefficient (Wildman–Crippen LogP) is 1.90. The number of hydrogen-bond donors (Lipinski definition) is 1. The van der Waals surface area contributed by atoms with Crippen molar-refractivity contribution in [2.75, 3.05) is 12.5 Å². The van der Waals surface area contributed by atoms with Gasteiger partial charge in [-0.25, -0.2) is 4.98 Å². The highest BCUT2D eigenvalue weighted by atomic mass is 35.5. The van der Waals surface area contributed by atoms with Crippen molar-refractivity contribution in [3.05, 3.63) is 35.1 Å². The molecule has 0 saturated heterocycles. The van der Waals surface area contributed by atoms with Crippen LogP contribution in [0, 0.1) is 0 Å².